The minimum absolute atomic E-state index is 0.0163. The van der Waals surface area contributed by atoms with Gasteiger partial charge in [0.15, 0.2) is 0 Å². The summed E-state index contributed by atoms with van der Waals surface area (Å²) in [6, 6.07) is 6.98. The third-order valence-electron chi connectivity index (χ3n) is 6.20. The van der Waals surface area contributed by atoms with E-state index in [4.69, 9.17) is 4.74 Å². The van der Waals surface area contributed by atoms with Crippen molar-refractivity contribution >= 4 is 27.9 Å². The van der Waals surface area contributed by atoms with E-state index in [0.29, 0.717) is 12.1 Å². The van der Waals surface area contributed by atoms with Crippen molar-refractivity contribution in [1.82, 2.24) is 19.9 Å². The summed E-state index contributed by atoms with van der Waals surface area (Å²) < 4.78 is 46.1. The molecule has 35 heavy (non-hydrogen) atoms. The largest absolute Gasteiger partial charge is 0.444 e. The van der Waals surface area contributed by atoms with Gasteiger partial charge in [0.1, 0.15) is 11.2 Å². The number of halogens is 3. The predicted octanol–water partition coefficient (Wildman–Crippen LogP) is 6.87. The molecule has 6 nitrogen and oxygen atoms in total. The molecule has 1 aliphatic rings. The quantitative estimate of drug-likeness (QED) is 0.338. The topological polar surface area (TPSA) is 71.1 Å². The van der Waals surface area contributed by atoms with Gasteiger partial charge in [-0.05, 0) is 74.4 Å². The summed E-state index contributed by atoms with van der Waals surface area (Å²) in [5, 5.41) is 1.79. The van der Waals surface area contributed by atoms with Crippen LogP contribution in [-0.2, 0) is 10.9 Å². The molecular weight excluding hydrogens is 457 g/mol. The number of hydrogen-bond acceptors (Lipinski definition) is 4. The minimum atomic E-state index is -4.49. The first-order valence-corrected chi connectivity index (χ1v) is 11.4. The van der Waals surface area contributed by atoms with Gasteiger partial charge in [0.2, 0.25) is 0 Å². The van der Waals surface area contributed by atoms with Crippen LogP contribution in [0.4, 0.5) is 18.0 Å². The molecule has 1 saturated heterocycles. The smallest absolute Gasteiger partial charge is 0.418 e. The number of amides is 1. The van der Waals surface area contributed by atoms with E-state index in [-0.39, 0.29) is 23.2 Å². The molecule has 1 aromatic carbocycles. The maximum Gasteiger partial charge on any atom is 0.418 e. The van der Waals surface area contributed by atoms with E-state index in [1.54, 1.807) is 23.5 Å². The highest BCUT2D eigenvalue weighted by Gasteiger charge is 2.35. The number of carbonyl (C=O) groups is 1. The van der Waals surface area contributed by atoms with Crippen LogP contribution in [0.15, 0.2) is 49.1 Å². The van der Waals surface area contributed by atoms with Crippen molar-refractivity contribution in [2.75, 3.05) is 6.54 Å². The lowest BCUT2D eigenvalue weighted by atomic mass is 9.93. The molecule has 0 radical (unpaired) electrons. The zero-order chi connectivity index (χ0) is 25.0. The first-order chi connectivity index (χ1) is 16.5. The Morgan fingerprint density at radius 1 is 1.11 bits per heavy atom. The second kappa shape index (κ2) is 8.25. The number of benzene rings is 1. The number of likely N-dealkylation sites (tertiary alicyclic amines) is 1. The predicted molar refractivity (Wildman–Crippen MR) is 127 cm³/mol. The molecule has 0 saturated carbocycles. The van der Waals surface area contributed by atoms with E-state index < -0.39 is 17.3 Å². The maximum absolute atomic E-state index is 13.5. The molecule has 1 unspecified atom stereocenters. The number of aromatic amines is 1. The summed E-state index contributed by atoms with van der Waals surface area (Å²) in [5.41, 5.74) is 0.975. The van der Waals surface area contributed by atoms with Gasteiger partial charge in [-0.1, -0.05) is 0 Å². The van der Waals surface area contributed by atoms with Crippen molar-refractivity contribution in [3.63, 3.8) is 0 Å². The summed E-state index contributed by atoms with van der Waals surface area (Å²) in [5.74, 6) is 0. The second-order valence-corrected chi connectivity index (χ2v) is 9.81. The van der Waals surface area contributed by atoms with Crippen molar-refractivity contribution in [3.05, 3.63) is 60.2 Å². The average Bonchev–Trinajstić information content (AvgIpc) is 3.44. The SMILES string of the molecule is CC(C)(C)OC(=O)N1CCCC1c1cc(-c2cnc3[nH]cc(C(F)(F)F)c3c2)cc2ccncc12. The Morgan fingerprint density at radius 2 is 1.91 bits per heavy atom. The van der Waals surface area contributed by atoms with Gasteiger partial charge in [-0.25, -0.2) is 9.78 Å². The van der Waals surface area contributed by atoms with Crippen LogP contribution in [0.25, 0.3) is 32.9 Å². The highest BCUT2D eigenvalue weighted by molar-refractivity contribution is 5.92. The first-order valence-electron chi connectivity index (χ1n) is 11.4. The van der Waals surface area contributed by atoms with Crippen LogP contribution >= 0.6 is 0 Å². The molecule has 182 valence electrons. The van der Waals surface area contributed by atoms with Gasteiger partial charge in [0, 0.05) is 47.7 Å². The van der Waals surface area contributed by atoms with Gasteiger partial charge in [0.05, 0.1) is 11.6 Å². The lowest BCUT2D eigenvalue weighted by Crippen LogP contribution is -2.36. The fraction of sp³-hybridized carbons (Fsp3) is 0.346. The molecule has 4 heterocycles. The van der Waals surface area contributed by atoms with Crippen molar-refractivity contribution in [2.45, 2.75) is 51.4 Å². The van der Waals surface area contributed by atoms with Gasteiger partial charge >= 0.3 is 12.3 Å². The number of ether oxygens (including phenoxy) is 1. The Bertz CT molecular complexity index is 1420. The van der Waals surface area contributed by atoms with Gasteiger partial charge in [-0.15, -0.1) is 0 Å². The van der Waals surface area contributed by atoms with E-state index in [2.05, 4.69) is 15.0 Å². The normalized spacial score (nSPS) is 16.9. The van der Waals surface area contributed by atoms with Crippen molar-refractivity contribution in [2.24, 2.45) is 0 Å². The third kappa shape index (κ3) is 4.42. The second-order valence-electron chi connectivity index (χ2n) is 9.81. The Balaban J connectivity index is 1.63. The summed E-state index contributed by atoms with van der Waals surface area (Å²) in [4.78, 5) is 25.8. The van der Waals surface area contributed by atoms with E-state index in [1.807, 2.05) is 39.0 Å². The molecule has 1 atom stereocenters. The number of H-pyrrole nitrogens is 1. The number of nitrogens with zero attached hydrogens (tertiary/aromatic N) is 3. The monoisotopic (exact) mass is 482 g/mol. The van der Waals surface area contributed by atoms with Gasteiger partial charge in [-0.2, -0.15) is 13.2 Å². The number of nitrogens with one attached hydrogen (secondary N) is 1. The number of aromatic nitrogens is 3. The summed E-state index contributed by atoms with van der Waals surface area (Å²) in [7, 11) is 0. The molecule has 1 aliphatic heterocycles. The lowest BCUT2D eigenvalue weighted by molar-refractivity contribution is -0.136. The summed E-state index contributed by atoms with van der Waals surface area (Å²) in [6.07, 6.45) is 2.63. The Labute approximate surface area is 200 Å². The fourth-order valence-corrected chi connectivity index (χ4v) is 4.69. The van der Waals surface area contributed by atoms with Crippen LogP contribution < -0.4 is 0 Å². The number of pyridine rings is 2. The van der Waals surface area contributed by atoms with Gasteiger partial charge in [0.25, 0.3) is 0 Å². The molecule has 0 spiro atoms. The maximum atomic E-state index is 13.5. The zero-order valence-corrected chi connectivity index (χ0v) is 19.6. The fourth-order valence-electron chi connectivity index (χ4n) is 4.69. The van der Waals surface area contributed by atoms with Crippen molar-refractivity contribution in [1.29, 1.82) is 0 Å². The van der Waals surface area contributed by atoms with Gasteiger partial charge < -0.3 is 14.6 Å². The number of carbonyl (C=O) groups excluding carboxylic acids is 1. The number of hydrogen-bond donors (Lipinski definition) is 1. The summed E-state index contributed by atoms with van der Waals surface area (Å²) >= 11 is 0. The average molecular weight is 483 g/mol. The molecule has 9 heteroatoms. The minimum Gasteiger partial charge on any atom is -0.444 e. The standard InChI is InChI=1S/C26H25F3N4O2/c1-25(2,3)35-24(34)33-8-4-5-22(33)18-10-16(9-15-6-7-30-13-20(15)18)17-11-19-21(26(27,28)29)14-32-23(19)31-12-17/h6-7,9-14,22H,4-5,8H2,1-3H3,(H,31,32). The van der Waals surface area contributed by atoms with Crippen LogP contribution in [0.5, 0.6) is 0 Å². The van der Waals surface area contributed by atoms with E-state index in [9.17, 15) is 18.0 Å². The molecule has 1 amide bonds. The molecule has 1 N–H and O–H groups in total. The highest BCUT2D eigenvalue weighted by atomic mass is 19.4. The van der Waals surface area contributed by atoms with Crippen LogP contribution in [0.2, 0.25) is 0 Å². The Hall–Kier alpha value is -3.62. The third-order valence-corrected chi connectivity index (χ3v) is 6.20. The molecule has 0 bridgehead atoms. The van der Waals surface area contributed by atoms with Gasteiger partial charge in [-0.3, -0.25) is 4.98 Å². The van der Waals surface area contributed by atoms with Crippen molar-refractivity contribution in [3.8, 4) is 11.1 Å². The van der Waals surface area contributed by atoms with Crippen LogP contribution in [0.1, 0.15) is 50.8 Å². The Morgan fingerprint density at radius 3 is 2.66 bits per heavy atom. The number of rotatable bonds is 2. The molecule has 3 aromatic heterocycles. The molecule has 4 aromatic rings. The summed E-state index contributed by atoms with van der Waals surface area (Å²) in [6.45, 7) is 6.05. The van der Waals surface area contributed by atoms with Crippen LogP contribution in [-0.4, -0.2) is 38.1 Å². The van der Waals surface area contributed by atoms with Crippen molar-refractivity contribution < 1.29 is 22.7 Å². The number of alkyl halides is 3. The van der Waals surface area contributed by atoms with E-state index >= 15 is 0 Å². The lowest BCUT2D eigenvalue weighted by Gasteiger charge is -2.29. The van der Waals surface area contributed by atoms with Crippen LogP contribution in [0, 0.1) is 0 Å². The molecule has 1 fully saturated rings. The van der Waals surface area contributed by atoms with E-state index in [0.717, 1.165) is 40.9 Å². The molecule has 5 rings (SSSR count). The zero-order valence-electron chi connectivity index (χ0n) is 19.6. The van der Waals surface area contributed by atoms with E-state index in [1.165, 1.54) is 6.07 Å². The number of fused-ring (bicyclic) bond motifs is 2. The highest BCUT2D eigenvalue weighted by Crippen LogP contribution is 2.40. The first kappa shape index (κ1) is 23.1. The van der Waals surface area contributed by atoms with Crippen LogP contribution in [0.3, 0.4) is 0 Å². The molecular formula is C26H25F3N4O2. The Kier molecular flexibility index (Phi) is 5.45. The molecule has 0 aliphatic carbocycles.